The minimum absolute atomic E-state index is 0.0653. The summed E-state index contributed by atoms with van der Waals surface area (Å²) in [4.78, 5) is 23.9. The van der Waals surface area contributed by atoms with Crippen molar-refractivity contribution in [3.63, 3.8) is 0 Å². The summed E-state index contributed by atoms with van der Waals surface area (Å²) >= 11 is 0. The molecule has 1 aromatic carbocycles. The van der Waals surface area contributed by atoms with Crippen LogP contribution in [0.15, 0.2) is 24.3 Å². The number of rotatable bonds is 5. The van der Waals surface area contributed by atoms with Gasteiger partial charge in [-0.05, 0) is 17.7 Å². The maximum atomic E-state index is 11.4. The molecule has 0 aromatic heterocycles. The molecule has 0 unspecified atom stereocenters. The zero-order chi connectivity index (χ0) is 12.8. The SMILES string of the molecule is COCC(=O)N(C)Cc1ccc(C(N)=O)cc1. The minimum atomic E-state index is -0.458. The van der Waals surface area contributed by atoms with E-state index in [1.54, 1.807) is 36.2 Å². The Bertz CT molecular complexity index is 401. The van der Waals surface area contributed by atoms with Gasteiger partial charge in [0.2, 0.25) is 11.8 Å². The Balaban J connectivity index is 2.63. The van der Waals surface area contributed by atoms with Crippen LogP contribution in [0.25, 0.3) is 0 Å². The smallest absolute Gasteiger partial charge is 0.248 e. The third-order valence-electron chi connectivity index (χ3n) is 2.35. The second kappa shape index (κ2) is 6.00. The van der Waals surface area contributed by atoms with E-state index in [0.29, 0.717) is 12.1 Å². The Morgan fingerprint density at radius 1 is 1.29 bits per heavy atom. The predicted octanol–water partition coefficient (Wildman–Crippen LogP) is 0.390. The number of hydrogen-bond donors (Lipinski definition) is 1. The van der Waals surface area contributed by atoms with E-state index < -0.39 is 5.91 Å². The molecule has 2 amide bonds. The molecule has 92 valence electrons. The van der Waals surface area contributed by atoms with Gasteiger partial charge in [0, 0.05) is 26.3 Å². The lowest BCUT2D eigenvalue weighted by Crippen LogP contribution is -2.29. The molecule has 0 atom stereocenters. The van der Waals surface area contributed by atoms with Crippen molar-refractivity contribution in [2.75, 3.05) is 20.8 Å². The molecular weight excluding hydrogens is 220 g/mol. The molecule has 17 heavy (non-hydrogen) atoms. The lowest BCUT2D eigenvalue weighted by molar-refractivity contribution is -0.134. The maximum Gasteiger partial charge on any atom is 0.248 e. The number of nitrogens with two attached hydrogens (primary N) is 1. The number of amides is 2. The zero-order valence-corrected chi connectivity index (χ0v) is 9.97. The van der Waals surface area contributed by atoms with E-state index in [1.807, 2.05) is 0 Å². The first-order valence-corrected chi connectivity index (χ1v) is 5.16. The Hall–Kier alpha value is -1.88. The molecule has 0 aliphatic heterocycles. The van der Waals surface area contributed by atoms with Gasteiger partial charge in [-0.1, -0.05) is 12.1 Å². The van der Waals surface area contributed by atoms with Crippen molar-refractivity contribution in [3.8, 4) is 0 Å². The second-order valence-corrected chi connectivity index (χ2v) is 3.74. The Morgan fingerprint density at radius 3 is 2.35 bits per heavy atom. The maximum absolute atomic E-state index is 11.4. The van der Waals surface area contributed by atoms with Crippen molar-refractivity contribution >= 4 is 11.8 Å². The molecule has 1 aromatic rings. The van der Waals surface area contributed by atoms with E-state index in [-0.39, 0.29) is 12.5 Å². The van der Waals surface area contributed by atoms with Crippen LogP contribution in [0.5, 0.6) is 0 Å². The van der Waals surface area contributed by atoms with Crippen LogP contribution in [-0.4, -0.2) is 37.5 Å². The third kappa shape index (κ3) is 3.88. The lowest BCUT2D eigenvalue weighted by atomic mass is 10.1. The summed E-state index contributed by atoms with van der Waals surface area (Å²) in [5.74, 6) is -0.549. The lowest BCUT2D eigenvalue weighted by Gasteiger charge is -2.16. The molecule has 0 radical (unpaired) electrons. The third-order valence-corrected chi connectivity index (χ3v) is 2.35. The Morgan fingerprint density at radius 2 is 1.88 bits per heavy atom. The largest absolute Gasteiger partial charge is 0.375 e. The number of ether oxygens (including phenoxy) is 1. The summed E-state index contributed by atoms with van der Waals surface area (Å²) in [6.45, 7) is 0.539. The van der Waals surface area contributed by atoms with Gasteiger partial charge >= 0.3 is 0 Å². The molecule has 5 nitrogen and oxygen atoms in total. The first-order chi connectivity index (χ1) is 8.04. The van der Waals surface area contributed by atoms with Crippen molar-refractivity contribution in [2.45, 2.75) is 6.54 Å². The van der Waals surface area contributed by atoms with Crippen LogP contribution in [0.1, 0.15) is 15.9 Å². The molecule has 0 bridgehead atoms. The molecule has 5 heteroatoms. The summed E-state index contributed by atoms with van der Waals surface area (Å²) in [6.07, 6.45) is 0. The molecule has 0 heterocycles. The highest BCUT2D eigenvalue weighted by atomic mass is 16.5. The Kier molecular flexibility index (Phi) is 4.66. The molecule has 0 aliphatic rings. The summed E-state index contributed by atoms with van der Waals surface area (Å²) in [7, 11) is 3.18. The summed E-state index contributed by atoms with van der Waals surface area (Å²) in [5.41, 5.74) is 6.52. The van der Waals surface area contributed by atoms with Crippen LogP contribution in [0.2, 0.25) is 0 Å². The molecule has 0 saturated heterocycles. The van der Waals surface area contributed by atoms with E-state index in [2.05, 4.69) is 0 Å². The first-order valence-electron chi connectivity index (χ1n) is 5.16. The monoisotopic (exact) mass is 236 g/mol. The number of nitrogens with zero attached hydrogens (tertiary/aromatic N) is 1. The van der Waals surface area contributed by atoms with Gasteiger partial charge in [-0.2, -0.15) is 0 Å². The highest BCUT2D eigenvalue weighted by Crippen LogP contribution is 2.06. The topological polar surface area (TPSA) is 72.6 Å². The van der Waals surface area contributed by atoms with Crippen LogP contribution < -0.4 is 5.73 Å². The first kappa shape index (κ1) is 13.2. The highest BCUT2D eigenvalue weighted by molar-refractivity contribution is 5.92. The van der Waals surface area contributed by atoms with Gasteiger partial charge in [0.15, 0.2) is 0 Å². The number of likely N-dealkylation sites (N-methyl/N-ethyl adjacent to an activating group) is 1. The minimum Gasteiger partial charge on any atom is -0.375 e. The summed E-state index contributed by atoms with van der Waals surface area (Å²) < 4.78 is 4.76. The standard InChI is InChI=1S/C12H16N2O3/c1-14(11(15)8-17-2)7-9-3-5-10(6-4-9)12(13)16/h3-6H,7-8H2,1-2H3,(H2,13,16). The normalized spacial score (nSPS) is 10.0. The average Bonchev–Trinajstić information content (AvgIpc) is 2.30. The summed E-state index contributed by atoms with van der Waals surface area (Å²) in [5, 5.41) is 0. The van der Waals surface area contributed by atoms with E-state index in [9.17, 15) is 9.59 Å². The molecule has 0 fully saturated rings. The van der Waals surface area contributed by atoms with Crippen LogP contribution in [-0.2, 0) is 16.1 Å². The van der Waals surface area contributed by atoms with Gasteiger partial charge < -0.3 is 15.4 Å². The van der Waals surface area contributed by atoms with Crippen LogP contribution >= 0.6 is 0 Å². The van der Waals surface area contributed by atoms with Gasteiger partial charge in [-0.3, -0.25) is 9.59 Å². The second-order valence-electron chi connectivity index (χ2n) is 3.74. The van der Waals surface area contributed by atoms with Crippen molar-refractivity contribution in [2.24, 2.45) is 5.73 Å². The number of benzene rings is 1. The van der Waals surface area contributed by atoms with E-state index in [1.165, 1.54) is 7.11 Å². The van der Waals surface area contributed by atoms with Crippen LogP contribution in [0.4, 0.5) is 0 Å². The number of carbonyl (C=O) groups is 2. The fourth-order valence-corrected chi connectivity index (χ4v) is 1.37. The van der Waals surface area contributed by atoms with E-state index in [4.69, 9.17) is 10.5 Å². The average molecular weight is 236 g/mol. The quantitative estimate of drug-likeness (QED) is 0.803. The molecule has 0 saturated carbocycles. The molecular formula is C12H16N2O3. The number of hydrogen-bond acceptors (Lipinski definition) is 3. The molecule has 0 spiro atoms. The van der Waals surface area contributed by atoms with Crippen molar-refractivity contribution < 1.29 is 14.3 Å². The summed E-state index contributed by atoms with van der Waals surface area (Å²) in [6, 6.07) is 6.84. The number of primary amides is 1. The number of methoxy groups -OCH3 is 1. The molecule has 1 rings (SSSR count). The predicted molar refractivity (Wildman–Crippen MR) is 63.3 cm³/mol. The number of carbonyl (C=O) groups excluding carboxylic acids is 2. The van der Waals surface area contributed by atoms with Gasteiger partial charge in [-0.15, -0.1) is 0 Å². The fraction of sp³-hybridized carbons (Fsp3) is 0.333. The fourth-order valence-electron chi connectivity index (χ4n) is 1.37. The van der Waals surface area contributed by atoms with Crippen molar-refractivity contribution in [1.29, 1.82) is 0 Å². The van der Waals surface area contributed by atoms with Gasteiger partial charge in [0.05, 0.1) is 0 Å². The van der Waals surface area contributed by atoms with Crippen LogP contribution in [0.3, 0.4) is 0 Å². The van der Waals surface area contributed by atoms with E-state index in [0.717, 1.165) is 5.56 Å². The Labute approximate surface area is 100 Å². The molecule has 2 N–H and O–H groups in total. The van der Waals surface area contributed by atoms with Gasteiger partial charge in [0.1, 0.15) is 6.61 Å². The van der Waals surface area contributed by atoms with Crippen molar-refractivity contribution in [3.05, 3.63) is 35.4 Å². The van der Waals surface area contributed by atoms with Crippen molar-refractivity contribution in [1.82, 2.24) is 4.90 Å². The van der Waals surface area contributed by atoms with Gasteiger partial charge in [-0.25, -0.2) is 0 Å². The van der Waals surface area contributed by atoms with E-state index >= 15 is 0 Å². The zero-order valence-electron chi connectivity index (χ0n) is 9.97. The molecule has 0 aliphatic carbocycles. The van der Waals surface area contributed by atoms with Gasteiger partial charge in [0.25, 0.3) is 0 Å². The van der Waals surface area contributed by atoms with Crippen LogP contribution in [0, 0.1) is 0 Å². The highest BCUT2D eigenvalue weighted by Gasteiger charge is 2.08.